The Hall–Kier alpha value is -2.83. The molecule has 1 fully saturated rings. The normalized spacial score (nSPS) is 14.6. The van der Waals surface area contributed by atoms with E-state index in [4.69, 9.17) is 4.74 Å². The monoisotopic (exact) mass is 331 g/mol. The average molecular weight is 331 g/mol. The van der Waals surface area contributed by atoms with Gasteiger partial charge in [0.05, 0.1) is 17.7 Å². The van der Waals surface area contributed by atoms with Crippen LogP contribution in [-0.2, 0) is 0 Å². The van der Waals surface area contributed by atoms with Gasteiger partial charge >= 0.3 is 0 Å². The summed E-state index contributed by atoms with van der Waals surface area (Å²) < 4.78 is 18.9. The van der Waals surface area contributed by atoms with Crippen molar-refractivity contribution in [2.45, 2.75) is 0 Å². The van der Waals surface area contributed by atoms with E-state index in [1.165, 1.54) is 12.1 Å². The topological polar surface area (TPSA) is 58.8 Å². The van der Waals surface area contributed by atoms with Crippen molar-refractivity contribution in [2.24, 2.45) is 0 Å². The fourth-order valence-electron chi connectivity index (χ4n) is 2.98. The molecule has 0 atom stereocenters. The summed E-state index contributed by atoms with van der Waals surface area (Å²) in [7, 11) is 1.63. The molecule has 0 radical (unpaired) electrons. The quantitative estimate of drug-likeness (QED) is 0.636. The van der Waals surface area contributed by atoms with Crippen molar-refractivity contribution < 1.29 is 14.1 Å². The summed E-state index contributed by atoms with van der Waals surface area (Å²) in [5, 5.41) is 11.2. The zero-order chi connectivity index (χ0) is 17.1. The highest BCUT2D eigenvalue weighted by Crippen LogP contribution is 2.32. The van der Waals surface area contributed by atoms with Crippen LogP contribution in [0, 0.1) is 15.9 Å². The summed E-state index contributed by atoms with van der Waals surface area (Å²) in [6.45, 7) is 2.49. The van der Waals surface area contributed by atoms with E-state index in [0.29, 0.717) is 31.9 Å². The fraction of sp³-hybridized carbons (Fsp3) is 0.294. The molecule has 0 amide bonds. The molecular formula is C17H18FN3O3. The zero-order valence-electron chi connectivity index (χ0n) is 13.3. The highest BCUT2D eigenvalue weighted by atomic mass is 19.1. The van der Waals surface area contributed by atoms with Crippen LogP contribution in [0.2, 0.25) is 0 Å². The van der Waals surface area contributed by atoms with Gasteiger partial charge in [-0.2, -0.15) is 0 Å². The molecule has 126 valence electrons. The first-order valence-electron chi connectivity index (χ1n) is 7.67. The van der Waals surface area contributed by atoms with E-state index in [9.17, 15) is 14.5 Å². The van der Waals surface area contributed by atoms with Crippen LogP contribution >= 0.6 is 0 Å². The van der Waals surface area contributed by atoms with Crippen LogP contribution in [0.25, 0.3) is 0 Å². The summed E-state index contributed by atoms with van der Waals surface area (Å²) >= 11 is 0. The first kappa shape index (κ1) is 16.0. The molecule has 3 rings (SSSR count). The van der Waals surface area contributed by atoms with Gasteiger partial charge in [0.1, 0.15) is 17.3 Å². The van der Waals surface area contributed by atoms with Crippen molar-refractivity contribution in [2.75, 3.05) is 43.1 Å². The second-order valence-electron chi connectivity index (χ2n) is 5.54. The molecule has 24 heavy (non-hydrogen) atoms. The van der Waals surface area contributed by atoms with Crippen molar-refractivity contribution >= 4 is 17.1 Å². The van der Waals surface area contributed by atoms with Gasteiger partial charge < -0.3 is 14.5 Å². The lowest BCUT2D eigenvalue weighted by Gasteiger charge is -2.37. The Labute approximate surface area is 139 Å². The van der Waals surface area contributed by atoms with Gasteiger partial charge in [0.2, 0.25) is 0 Å². The van der Waals surface area contributed by atoms with E-state index < -0.39 is 10.7 Å². The second kappa shape index (κ2) is 6.74. The van der Waals surface area contributed by atoms with Gasteiger partial charge in [-0.15, -0.1) is 0 Å². The second-order valence-corrected chi connectivity index (χ2v) is 5.54. The lowest BCUT2D eigenvalue weighted by atomic mass is 10.2. The molecule has 2 aromatic rings. The van der Waals surface area contributed by atoms with E-state index in [0.717, 1.165) is 17.5 Å². The maximum absolute atomic E-state index is 13.5. The standard InChI is InChI=1S/C17H18FN3O3/c1-24-17-5-3-2-4-15(17)19-8-10-20(11-9-19)16-12-13(18)6-7-14(16)21(22)23/h2-7,12H,8-11H2,1H3. The molecule has 2 aromatic carbocycles. The lowest BCUT2D eigenvalue weighted by Crippen LogP contribution is -2.46. The number of nitro groups is 1. The highest BCUT2D eigenvalue weighted by Gasteiger charge is 2.25. The first-order chi connectivity index (χ1) is 11.6. The number of para-hydroxylation sites is 2. The molecular weight excluding hydrogens is 313 g/mol. The molecule has 1 aliphatic heterocycles. The number of nitrogens with zero attached hydrogens (tertiary/aromatic N) is 3. The predicted molar refractivity (Wildman–Crippen MR) is 90.5 cm³/mol. The molecule has 0 unspecified atom stereocenters. The van der Waals surface area contributed by atoms with Gasteiger partial charge in [0.15, 0.2) is 0 Å². The van der Waals surface area contributed by atoms with Gasteiger partial charge in [-0.1, -0.05) is 12.1 Å². The van der Waals surface area contributed by atoms with Crippen LogP contribution in [0.4, 0.5) is 21.5 Å². The highest BCUT2D eigenvalue weighted by molar-refractivity contribution is 5.65. The Balaban J connectivity index is 1.78. The van der Waals surface area contributed by atoms with E-state index in [1.54, 1.807) is 7.11 Å². The van der Waals surface area contributed by atoms with Crippen LogP contribution in [0.3, 0.4) is 0 Å². The van der Waals surface area contributed by atoms with Crippen LogP contribution in [0.15, 0.2) is 42.5 Å². The third-order valence-electron chi connectivity index (χ3n) is 4.18. The molecule has 0 spiro atoms. The van der Waals surface area contributed by atoms with E-state index in [-0.39, 0.29) is 5.69 Å². The Morgan fingerprint density at radius 2 is 1.67 bits per heavy atom. The van der Waals surface area contributed by atoms with Crippen molar-refractivity contribution in [3.8, 4) is 5.75 Å². The summed E-state index contributed by atoms with van der Waals surface area (Å²) in [4.78, 5) is 14.7. The number of ether oxygens (including phenoxy) is 1. The smallest absolute Gasteiger partial charge is 0.292 e. The summed E-state index contributed by atoms with van der Waals surface area (Å²) in [5.41, 5.74) is 1.26. The van der Waals surface area contributed by atoms with E-state index in [2.05, 4.69) is 4.90 Å². The summed E-state index contributed by atoms with van der Waals surface area (Å²) in [6.07, 6.45) is 0. The van der Waals surface area contributed by atoms with Gasteiger partial charge in [0.25, 0.3) is 5.69 Å². The van der Waals surface area contributed by atoms with Crippen LogP contribution in [0.5, 0.6) is 5.75 Å². The maximum atomic E-state index is 13.5. The minimum absolute atomic E-state index is 0.0675. The number of hydrogen-bond donors (Lipinski definition) is 0. The van der Waals surface area contributed by atoms with Crippen LogP contribution in [0.1, 0.15) is 0 Å². The minimum atomic E-state index is -0.471. The van der Waals surface area contributed by atoms with Crippen molar-refractivity contribution in [3.05, 3.63) is 58.4 Å². The molecule has 0 aliphatic carbocycles. The summed E-state index contributed by atoms with van der Waals surface area (Å²) in [5.74, 6) is 0.324. The lowest BCUT2D eigenvalue weighted by molar-refractivity contribution is -0.384. The van der Waals surface area contributed by atoms with Crippen molar-refractivity contribution in [1.82, 2.24) is 0 Å². The number of hydrogen-bond acceptors (Lipinski definition) is 5. The largest absolute Gasteiger partial charge is 0.495 e. The van der Waals surface area contributed by atoms with E-state index >= 15 is 0 Å². The third-order valence-corrected chi connectivity index (χ3v) is 4.18. The SMILES string of the molecule is COc1ccccc1N1CCN(c2cc(F)ccc2[N+](=O)[O-])CC1. The third kappa shape index (κ3) is 3.10. The Morgan fingerprint density at radius 3 is 2.29 bits per heavy atom. The fourth-order valence-corrected chi connectivity index (χ4v) is 2.98. The molecule has 6 nitrogen and oxygen atoms in total. The number of rotatable bonds is 4. The van der Waals surface area contributed by atoms with E-state index in [1.807, 2.05) is 29.2 Å². The molecule has 0 N–H and O–H groups in total. The van der Waals surface area contributed by atoms with Crippen molar-refractivity contribution in [3.63, 3.8) is 0 Å². The Morgan fingerprint density at radius 1 is 1.04 bits per heavy atom. The first-order valence-corrected chi connectivity index (χ1v) is 7.67. The number of anilines is 2. The van der Waals surface area contributed by atoms with Gasteiger partial charge in [0, 0.05) is 38.3 Å². The minimum Gasteiger partial charge on any atom is -0.495 e. The maximum Gasteiger partial charge on any atom is 0.292 e. The number of piperazine rings is 1. The van der Waals surface area contributed by atoms with Gasteiger partial charge in [-0.3, -0.25) is 10.1 Å². The number of halogens is 1. The Bertz CT molecular complexity index is 746. The molecule has 0 saturated carbocycles. The average Bonchev–Trinajstić information content (AvgIpc) is 2.61. The Kier molecular flexibility index (Phi) is 4.50. The number of nitro benzene ring substituents is 1. The molecule has 0 aromatic heterocycles. The van der Waals surface area contributed by atoms with Gasteiger partial charge in [-0.25, -0.2) is 4.39 Å². The molecule has 1 aliphatic rings. The molecule has 1 saturated heterocycles. The van der Waals surface area contributed by atoms with Crippen LogP contribution in [-0.4, -0.2) is 38.2 Å². The zero-order valence-corrected chi connectivity index (χ0v) is 13.3. The molecule has 1 heterocycles. The molecule has 7 heteroatoms. The van der Waals surface area contributed by atoms with Gasteiger partial charge in [-0.05, 0) is 18.2 Å². The predicted octanol–water partition coefficient (Wildman–Crippen LogP) is 3.07. The van der Waals surface area contributed by atoms with Crippen molar-refractivity contribution in [1.29, 1.82) is 0 Å². The number of benzene rings is 2. The number of methoxy groups -OCH3 is 1. The van der Waals surface area contributed by atoms with Crippen LogP contribution < -0.4 is 14.5 Å². The molecule has 0 bridgehead atoms. The summed E-state index contributed by atoms with van der Waals surface area (Å²) in [6, 6.07) is 11.3.